The lowest BCUT2D eigenvalue weighted by molar-refractivity contribution is 0.476. The number of aryl methyl sites for hydroxylation is 2. The zero-order chi connectivity index (χ0) is 13.8. The van der Waals surface area contributed by atoms with E-state index >= 15 is 0 Å². The van der Waals surface area contributed by atoms with E-state index in [0.717, 1.165) is 30.4 Å². The molecule has 0 saturated carbocycles. The number of hydrogen-bond acceptors (Lipinski definition) is 1. The molecule has 0 aliphatic carbocycles. The van der Waals surface area contributed by atoms with E-state index in [1.165, 1.54) is 16.7 Å². The number of phenolic OH excluding ortho intramolecular Hbond substituents is 1. The molecule has 100 valence electrons. The maximum absolute atomic E-state index is 10.3. The second-order valence-corrected chi connectivity index (χ2v) is 4.86. The normalized spacial score (nSPS) is 10.7. The summed E-state index contributed by atoms with van der Waals surface area (Å²) >= 11 is 0. The maximum atomic E-state index is 10.3. The van der Waals surface area contributed by atoms with E-state index in [9.17, 15) is 5.11 Å². The van der Waals surface area contributed by atoms with Gasteiger partial charge in [-0.1, -0.05) is 51.1 Å². The molecular formula is C18H22O. The van der Waals surface area contributed by atoms with Gasteiger partial charge in [-0.3, -0.25) is 0 Å². The first-order valence-corrected chi connectivity index (χ1v) is 7.14. The topological polar surface area (TPSA) is 20.2 Å². The van der Waals surface area contributed by atoms with Crippen molar-refractivity contribution in [1.82, 2.24) is 0 Å². The van der Waals surface area contributed by atoms with Gasteiger partial charge < -0.3 is 5.11 Å². The van der Waals surface area contributed by atoms with Crippen LogP contribution in [0.15, 0.2) is 36.4 Å². The van der Waals surface area contributed by atoms with E-state index in [2.05, 4.69) is 45.0 Å². The summed E-state index contributed by atoms with van der Waals surface area (Å²) in [6.45, 7) is 6.47. The monoisotopic (exact) mass is 254 g/mol. The smallest absolute Gasteiger partial charge is 0.123 e. The van der Waals surface area contributed by atoms with Crippen molar-refractivity contribution in [3.63, 3.8) is 0 Å². The Morgan fingerprint density at radius 1 is 0.895 bits per heavy atom. The Morgan fingerprint density at radius 2 is 1.68 bits per heavy atom. The minimum Gasteiger partial charge on any atom is -0.507 e. The molecule has 2 rings (SSSR count). The van der Waals surface area contributed by atoms with E-state index in [0.29, 0.717) is 5.75 Å². The van der Waals surface area contributed by atoms with Gasteiger partial charge in [-0.05, 0) is 47.6 Å². The van der Waals surface area contributed by atoms with Crippen LogP contribution in [-0.2, 0) is 19.3 Å². The fourth-order valence-electron chi connectivity index (χ4n) is 2.68. The van der Waals surface area contributed by atoms with Crippen molar-refractivity contribution in [3.05, 3.63) is 53.1 Å². The molecule has 0 fully saturated rings. The predicted molar refractivity (Wildman–Crippen MR) is 81.7 cm³/mol. The van der Waals surface area contributed by atoms with Crippen LogP contribution in [0.2, 0.25) is 0 Å². The molecule has 0 spiro atoms. The Hall–Kier alpha value is -1.76. The third kappa shape index (κ3) is 2.65. The summed E-state index contributed by atoms with van der Waals surface area (Å²) in [4.78, 5) is 0. The average molecular weight is 254 g/mol. The van der Waals surface area contributed by atoms with Gasteiger partial charge >= 0.3 is 0 Å². The van der Waals surface area contributed by atoms with Gasteiger partial charge in [0.2, 0.25) is 0 Å². The zero-order valence-corrected chi connectivity index (χ0v) is 12.0. The van der Waals surface area contributed by atoms with Gasteiger partial charge in [0.1, 0.15) is 5.75 Å². The SMILES string of the molecule is CCc1cccc(-c2c(O)ccc(CC)c2CC)c1. The molecule has 1 N–H and O–H groups in total. The van der Waals surface area contributed by atoms with Crippen LogP contribution in [0.1, 0.15) is 37.5 Å². The molecule has 19 heavy (non-hydrogen) atoms. The summed E-state index contributed by atoms with van der Waals surface area (Å²) in [5.74, 6) is 0.391. The molecule has 0 saturated heterocycles. The summed E-state index contributed by atoms with van der Waals surface area (Å²) in [5, 5.41) is 10.3. The lowest BCUT2D eigenvalue weighted by Gasteiger charge is -2.15. The van der Waals surface area contributed by atoms with E-state index in [1.54, 1.807) is 0 Å². The summed E-state index contributed by atoms with van der Waals surface area (Å²) in [6.07, 6.45) is 2.97. The second-order valence-electron chi connectivity index (χ2n) is 4.86. The Kier molecular flexibility index (Phi) is 4.26. The van der Waals surface area contributed by atoms with Gasteiger partial charge in [-0.15, -0.1) is 0 Å². The average Bonchev–Trinajstić information content (AvgIpc) is 2.46. The molecular weight excluding hydrogens is 232 g/mol. The molecule has 0 unspecified atom stereocenters. The van der Waals surface area contributed by atoms with Crippen LogP contribution in [0.3, 0.4) is 0 Å². The predicted octanol–water partition coefficient (Wildman–Crippen LogP) is 4.75. The van der Waals surface area contributed by atoms with Crippen LogP contribution in [0.25, 0.3) is 11.1 Å². The zero-order valence-electron chi connectivity index (χ0n) is 12.0. The molecule has 0 aliphatic rings. The fourth-order valence-corrected chi connectivity index (χ4v) is 2.68. The van der Waals surface area contributed by atoms with Crippen LogP contribution in [-0.4, -0.2) is 5.11 Å². The van der Waals surface area contributed by atoms with Crippen LogP contribution >= 0.6 is 0 Å². The van der Waals surface area contributed by atoms with Crippen molar-refractivity contribution in [2.75, 3.05) is 0 Å². The molecule has 0 aliphatic heterocycles. The Balaban J connectivity index is 2.65. The molecule has 1 nitrogen and oxygen atoms in total. The fraction of sp³-hybridized carbons (Fsp3) is 0.333. The first-order chi connectivity index (χ1) is 9.21. The third-order valence-electron chi connectivity index (χ3n) is 3.75. The minimum absolute atomic E-state index is 0.391. The molecule has 0 amide bonds. The summed E-state index contributed by atoms with van der Waals surface area (Å²) in [6, 6.07) is 12.4. The van der Waals surface area contributed by atoms with E-state index < -0.39 is 0 Å². The molecule has 0 radical (unpaired) electrons. The van der Waals surface area contributed by atoms with E-state index in [-0.39, 0.29) is 0 Å². The standard InChI is InChI=1S/C18H22O/c1-4-13-8-7-9-15(12-13)18-16(6-3)14(5-2)10-11-17(18)19/h7-12,19H,4-6H2,1-3H3. The number of benzene rings is 2. The van der Waals surface area contributed by atoms with E-state index in [4.69, 9.17) is 0 Å². The van der Waals surface area contributed by atoms with Gasteiger partial charge in [0, 0.05) is 5.56 Å². The number of rotatable bonds is 4. The Labute approximate surface area is 115 Å². The number of phenols is 1. The largest absolute Gasteiger partial charge is 0.507 e. The van der Waals surface area contributed by atoms with E-state index in [1.807, 2.05) is 12.1 Å². The van der Waals surface area contributed by atoms with Crippen molar-refractivity contribution in [1.29, 1.82) is 0 Å². The van der Waals surface area contributed by atoms with Gasteiger partial charge in [-0.2, -0.15) is 0 Å². The Morgan fingerprint density at radius 3 is 2.32 bits per heavy atom. The van der Waals surface area contributed by atoms with Gasteiger partial charge in [0.15, 0.2) is 0 Å². The molecule has 0 aromatic heterocycles. The highest BCUT2D eigenvalue weighted by molar-refractivity contribution is 5.75. The Bertz CT molecular complexity index is 570. The highest BCUT2D eigenvalue weighted by Crippen LogP contribution is 2.35. The van der Waals surface area contributed by atoms with Crippen molar-refractivity contribution in [3.8, 4) is 16.9 Å². The van der Waals surface area contributed by atoms with Crippen LogP contribution in [0, 0.1) is 0 Å². The highest BCUT2D eigenvalue weighted by Gasteiger charge is 2.13. The van der Waals surface area contributed by atoms with Gasteiger partial charge in [0.25, 0.3) is 0 Å². The second kappa shape index (κ2) is 5.92. The molecule has 2 aromatic rings. The quantitative estimate of drug-likeness (QED) is 0.835. The van der Waals surface area contributed by atoms with Crippen LogP contribution in [0.4, 0.5) is 0 Å². The molecule has 1 heteroatoms. The lowest BCUT2D eigenvalue weighted by atomic mass is 9.91. The molecule has 2 aromatic carbocycles. The van der Waals surface area contributed by atoms with Crippen molar-refractivity contribution < 1.29 is 5.11 Å². The summed E-state index contributed by atoms with van der Waals surface area (Å²) in [7, 11) is 0. The van der Waals surface area contributed by atoms with Crippen LogP contribution < -0.4 is 0 Å². The lowest BCUT2D eigenvalue weighted by Crippen LogP contribution is -1.96. The maximum Gasteiger partial charge on any atom is 0.123 e. The first-order valence-electron chi connectivity index (χ1n) is 7.14. The van der Waals surface area contributed by atoms with Crippen molar-refractivity contribution >= 4 is 0 Å². The molecule has 0 bridgehead atoms. The molecule has 0 heterocycles. The van der Waals surface area contributed by atoms with Gasteiger partial charge in [-0.25, -0.2) is 0 Å². The highest BCUT2D eigenvalue weighted by atomic mass is 16.3. The van der Waals surface area contributed by atoms with Crippen molar-refractivity contribution in [2.45, 2.75) is 40.0 Å². The van der Waals surface area contributed by atoms with Crippen LogP contribution in [0.5, 0.6) is 5.75 Å². The summed E-state index contributed by atoms with van der Waals surface area (Å²) in [5.41, 5.74) is 6.05. The third-order valence-corrected chi connectivity index (χ3v) is 3.75. The minimum atomic E-state index is 0.391. The van der Waals surface area contributed by atoms with Gasteiger partial charge in [0.05, 0.1) is 0 Å². The number of hydrogen-bond donors (Lipinski definition) is 1. The van der Waals surface area contributed by atoms with Crippen molar-refractivity contribution in [2.24, 2.45) is 0 Å². The number of aromatic hydroxyl groups is 1. The first kappa shape index (κ1) is 13.7. The molecule has 0 atom stereocenters. The summed E-state index contributed by atoms with van der Waals surface area (Å²) < 4.78 is 0.